The lowest BCUT2D eigenvalue weighted by Gasteiger charge is -2.14. The monoisotopic (exact) mass is 382 g/mol. The summed E-state index contributed by atoms with van der Waals surface area (Å²) in [5.41, 5.74) is 1.57. The fraction of sp³-hybridized carbons (Fsp3) is 0.150. The number of carbonyl (C=O) groups excluding carboxylic acids is 1. The van der Waals surface area contributed by atoms with E-state index in [0.717, 1.165) is 5.69 Å². The first kappa shape index (κ1) is 18.7. The molecule has 0 aliphatic heterocycles. The number of ether oxygens (including phenoxy) is 1. The smallest absolute Gasteiger partial charge is 0.275 e. The van der Waals surface area contributed by atoms with E-state index in [0.29, 0.717) is 22.3 Å². The van der Waals surface area contributed by atoms with Gasteiger partial charge in [0.1, 0.15) is 17.3 Å². The van der Waals surface area contributed by atoms with Crippen molar-refractivity contribution >= 4 is 34.7 Å². The van der Waals surface area contributed by atoms with Crippen LogP contribution in [0.5, 0.6) is 5.75 Å². The molecule has 138 valence electrons. The quantitative estimate of drug-likeness (QED) is 0.633. The highest BCUT2D eigenvalue weighted by atomic mass is 35.5. The standard InChI is InChI=1S/C20H19ClN4O2/c1-13(2)27-18-9-4-3-8-16(18)25-20(26)17-11-23-19(12-22-17)24-15-7-5-6-14(21)10-15/h3-13H,1-2H3,(H,23,24)(H,25,26). The van der Waals surface area contributed by atoms with Crippen molar-refractivity contribution in [1.29, 1.82) is 0 Å². The molecule has 2 N–H and O–H groups in total. The molecule has 0 unspecified atom stereocenters. The summed E-state index contributed by atoms with van der Waals surface area (Å²) in [4.78, 5) is 20.9. The van der Waals surface area contributed by atoms with E-state index < -0.39 is 0 Å². The summed E-state index contributed by atoms with van der Waals surface area (Å²) in [6.45, 7) is 3.85. The minimum absolute atomic E-state index is 0.000286. The highest BCUT2D eigenvalue weighted by Gasteiger charge is 2.12. The van der Waals surface area contributed by atoms with Crippen LogP contribution in [-0.2, 0) is 0 Å². The minimum atomic E-state index is -0.364. The summed E-state index contributed by atoms with van der Waals surface area (Å²) in [6, 6.07) is 14.5. The number of halogens is 1. The number of aromatic nitrogens is 2. The van der Waals surface area contributed by atoms with Gasteiger partial charge in [-0.2, -0.15) is 0 Å². The zero-order valence-corrected chi connectivity index (χ0v) is 15.7. The van der Waals surface area contributed by atoms with Crippen LogP contribution in [0.4, 0.5) is 17.2 Å². The predicted octanol–water partition coefficient (Wildman–Crippen LogP) is 4.91. The van der Waals surface area contributed by atoms with Crippen LogP contribution in [0, 0.1) is 0 Å². The highest BCUT2D eigenvalue weighted by molar-refractivity contribution is 6.30. The van der Waals surface area contributed by atoms with Crippen molar-refractivity contribution in [3.8, 4) is 5.75 Å². The molecule has 0 radical (unpaired) electrons. The number of para-hydroxylation sites is 2. The summed E-state index contributed by atoms with van der Waals surface area (Å²) in [7, 11) is 0. The third-order valence-electron chi connectivity index (χ3n) is 3.48. The third kappa shape index (κ3) is 5.18. The summed E-state index contributed by atoms with van der Waals surface area (Å²) < 4.78 is 5.71. The van der Waals surface area contributed by atoms with Gasteiger partial charge in [-0.3, -0.25) is 4.79 Å². The molecule has 0 aliphatic rings. The number of nitrogens with zero attached hydrogens (tertiary/aromatic N) is 2. The molecular formula is C20H19ClN4O2. The molecule has 7 heteroatoms. The number of anilines is 3. The first-order valence-corrected chi connectivity index (χ1v) is 8.81. The first-order valence-electron chi connectivity index (χ1n) is 8.43. The Balaban J connectivity index is 1.69. The Kier molecular flexibility index (Phi) is 5.88. The van der Waals surface area contributed by atoms with Crippen LogP contribution in [-0.4, -0.2) is 22.0 Å². The number of amides is 1. The van der Waals surface area contributed by atoms with Gasteiger partial charge in [0, 0.05) is 10.7 Å². The summed E-state index contributed by atoms with van der Waals surface area (Å²) in [6.07, 6.45) is 2.90. The second-order valence-electron chi connectivity index (χ2n) is 6.04. The van der Waals surface area contributed by atoms with Gasteiger partial charge in [-0.25, -0.2) is 9.97 Å². The lowest BCUT2D eigenvalue weighted by atomic mass is 10.2. The van der Waals surface area contributed by atoms with E-state index >= 15 is 0 Å². The molecule has 2 aromatic carbocycles. The van der Waals surface area contributed by atoms with Gasteiger partial charge in [-0.15, -0.1) is 0 Å². The minimum Gasteiger partial charge on any atom is -0.489 e. The maximum absolute atomic E-state index is 12.5. The van der Waals surface area contributed by atoms with Crippen molar-refractivity contribution < 1.29 is 9.53 Å². The van der Waals surface area contributed by atoms with Gasteiger partial charge in [-0.1, -0.05) is 29.8 Å². The molecule has 1 heterocycles. The van der Waals surface area contributed by atoms with Crippen molar-refractivity contribution in [2.24, 2.45) is 0 Å². The Hall–Kier alpha value is -3.12. The van der Waals surface area contributed by atoms with Crippen molar-refractivity contribution in [2.75, 3.05) is 10.6 Å². The Bertz CT molecular complexity index is 929. The van der Waals surface area contributed by atoms with Gasteiger partial charge in [0.05, 0.1) is 24.2 Å². The second kappa shape index (κ2) is 8.51. The lowest BCUT2D eigenvalue weighted by Crippen LogP contribution is -2.16. The fourth-order valence-electron chi connectivity index (χ4n) is 2.34. The van der Waals surface area contributed by atoms with Gasteiger partial charge in [0.25, 0.3) is 5.91 Å². The molecule has 0 saturated carbocycles. The van der Waals surface area contributed by atoms with Gasteiger partial charge in [0.2, 0.25) is 0 Å². The van der Waals surface area contributed by atoms with E-state index in [1.807, 2.05) is 38.1 Å². The van der Waals surface area contributed by atoms with Crippen LogP contribution in [0.1, 0.15) is 24.3 Å². The molecule has 0 aliphatic carbocycles. The van der Waals surface area contributed by atoms with E-state index in [4.69, 9.17) is 16.3 Å². The van der Waals surface area contributed by atoms with Gasteiger partial charge in [-0.05, 0) is 44.2 Å². The molecule has 3 aromatic rings. The topological polar surface area (TPSA) is 76.1 Å². The lowest BCUT2D eigenvalue weighted by molar-refractivity contribution is 0.102. The molecule has 1 amide bonds. The molecule has 0 spiro atoms. The second-order valence-corrected chi connectivity index (χ2v) is 6.48. The van der Waals surface area contributed by atoms with Crippen LogP contribution < -0.4 is 15.4 Å². The van der Waals surface area contributed by atoms with Crippen LogP contribution in [0.3, 0.4) is 0 Å². The Morgan fingerprint density at radius 2 is 1.89 bits per heavy atom. The fourth-order valence-corrected chi connectivity index (χ4v) is 2.53. The molecule has 3 rings (SSSR count). The van der Waals surface area contributed by atoms with Gasteiger partial charge < -0.3 is 15.4 Å². The van der Waals surface area contributed by atoms with E-state index in [2.05, 4.69) is 20.6 Å². The largest absolute Gasteiger partial charge is 0.489 e. The zero-order valence-electron chi connectivity index (χ0n) is 14.9. The summed E-state index contributed by atoms with van der Waals surface area (Å²) in [5, 5.41) is 6.50. The maximum atomic E-state index is 12.5. The number of benzene rings is 2. The average Bonchev–Trinajstić information content (AvgIpc) is 2.63. The molecular weight excluding hydrogens is 364 g/mol. The van der Waals surface area contributed by atoms with E-state index in [-0.39, 0.29) is 17.7 Å². The third-order valence-corrected chi connectivity index (χ3v) is 3.71. The number of carbonyl (C=O) groups is 1. The van der Waals surface area contributed by atoms with E-state index in [9.17, 15) is 4.79 Å². The van der Waals surface area contributed by atoms with Crippen LogP contribution in [0.2, 0.25) is 5.02 Å². The summed E-state index contributed by atoms with van der Waals surface area (Å²) in [5.74, 6) is 0.752. The van der Waals surface area contributed by atoms with Crippen LogP contribution in [0.25, 0.3) is 0 Å². The molecule has 6 nitrogen and oxygen atoms in total. The molecule has 0 bridgehead atoms. The molecule has 1 aromatic heterocycles. The van der Waals surface area contributed by atoms with Gasteiger partial charge >= 0.3 is 0 Å². The van der Waals surface area contributed by atoms with Crippen LogP contribution >= 0.6 is 11.6 Å². The van der Waals surface area contributed by atoms with Crippen molar-refractivity contribution in [3.63, 3.8) is 0 Å². The van der Waals surface area contributed by atoms with Crippen molar-refractivity contribution in [3.05, 3.63) is 71.6 Å². The summed E-state index contributed by atoms with van der Waals surface area (Å²) >= 11 is 5.96. The molecule has 0 saturated heterocycles. The number of nitrogens with one attached hydrogen (secondary N) is 2. The number of hydrogen-bond acceptors (Lipinski definition) is 5. The van der Waals surface area contributed by atoms with Gasteiger partial charge in [0.15, 0.2) is 0 Å². The SMILES string of the molecule is CC(C)Oc1ccccc1NC(=O)c1cnc(Nc2cccc(Cl)c2)cn1. The predicted molar refractivity (Wildman–Crippen MR) is 107 cm³/mol. The normalized spacial score (nSPS) is 10.5. The molecule has 0 fully saturated rings. The Morgan fingerprint density at radius 3 is 2.59 bits per heavy atom. The van der Waals surface area contributed by atoms with Crippen LogP contribution in [0.15, 0.2) is 60.9 Å². The van der Waals surface area contributed by atoms with Crippen molar-refractivity contribution in [1.82, 2.24) is 9.97 Å². The first-order chi connectivity index (χ1) is 13.0. The average molecular weight is 383 g/mol. The zero-order chi connectivity index (χ0) is 19.2. The van der Waals surface area contributed by atoms with E-state index in [1.54, 1.807) is 24.3 Å². The number of rotatable bonds is 6. The highest BCUT2D eigenvalue weighted by Crippen LogP contribution is 2.25. The maximum Gasteiger partial charge on any atom is 0.275 e. The molecule has 27 heavy (non-hydrogen) atoms. The Labute approximate surface area is 162 Å². The Morgan fingerprint density at radius 1 is 1.07 bits per heavy atom. The van der Waals surface area contributed by atoms with E-state index in [1.165, 1.54) is 12.4 Å². The molecule has 0 atom stereocenters. The van der Waals surface area contributed by atoms with Crippen molar-refractivity contribution in [2.45, 2.75) is 20.0 Å². The number of hydrogen-bond donors (Lipinski definition) is 2.